The fourth-order valence-corrected chi connectivity index (χ4v) is 1.26. The van der Waals surface area contributed by atoms with E-state index in [1.165, 1.54) is 0 Å². The van der Waals surface area contributed by atoms with Crippen molar-refractivity contribution in [1.29, 1.82) is 0 Å². The molecule has 0 bridgehead atoms. The fraction of sp³-hybridized carbons (Fsp3) is 0.273. The number of rotatable bonds is 3. The lowest BCUT2D eigenvalue weighted by atomic mass is 10.2. The van der Waals surface area contributed by atoms with Crippen molar-refractivity contribution in [2.45, 2.75) is 13.0 Å². The number of phenolic OH excluding ortho intramolecular Hbond substituents is 1. The highest BCUT2D eigenvalue weighted by molar-refractivity contribution is 5.55. The zero-order valence-electron chi connectivity index (χ0n) is 9.04. The minimum absolute atomic E-state index is 0.164. The molecule has 0 amide bonds. The van der Waals surface area contributed by atoms with Gasteiger partial charge < -0.3 is 14.4 Å². The molecule has 1 heterocycles. The maximum Gasteiger partial charge on any atom is 0.258 e. The van der Waals surface area contributed by atoms with Crippen LogP contribution in [0.4, 0.5) is 0 Å². The maximum absolute atomic E-state index is 9.32. The number of phenols is 1. The van der Waals surface area contributed by atoms with Crippen LogP contribution < -0.4 is 0 Å². The van der Waals surface area contributed by atoms with Gasteiger partial charge in [-0.1, -0.05) is 11.2 Å². The molecule has 5 heteroatoms. The molecule has 1 aromatic heterocycles. The Morgan fingerprint density at radius 2 is 2.25 bits per heavy atom. The van der Waals surface area contributed by atoms with Crippen LogP contribution in [0.25, 0.3) is 11.5 Å². The summed E-state index contributed by atoms with van der Waals surface area (Å²) in [4.78, 5) is 4.18. The molecule has 0 aliphatic rings. The molecule has 0 fully saturated rings. The van der Waals surface area contributed by atoms with E-state index < -0.39 is 0 Å². The Balaban J connectivity index is 2.31. The molecule has 5 nitrogen and oxygen atoms in total. The Bertz CT molecular complexity index is 482. The summed E-state index contributed by atoms with van der Waals surface area (Å²) in [6.45, 7) is 1.83. The third kappa shape index (κ3) is 2.04. The third-order valence-electron chi connectivity index (χ3n) is 2.25. The molecular weight excluding hydrogens is 208 g/mol. The summed E-state index contributed by atoms with van der Waals surface area (Å²) in [5, 5.41) is 13.1. The summed E-state index contributed by atoms with van der Waals surface area (Å²) in [6, 6.07) is 6.65. The summed E-state index contributed by atoms with van der Waals surface area (Å²) >= 11 is 0. The van der Waals surface area contributed by atoms with E-state index in [-0.39, 0.29) is 11.9 Å². The van der Waals surface area contributed by atoms with Crippen molar-refractivity contribution in [2.24, 2.45) is 0 Å². The number of hydrogen-bond donors (Lipinski definition) is 1. The molecule has 0 aliphatic heterocycles. The van der Waals surface area contributed by atoms with Crippen molar-refractivity contribution < 1.29 is 14.4 Å². The number of methoxy groups -OCH3 is 1. The monoisotopic (exact) mass is 220 g/mol. The van der Waals surface area contributed by atoms with Gasteiger partial charge in [0, 0.05) is 12.7 Å². The van der Waals surface area contributed by atoms with Gasteiger partial charge in [-0.05, 0) is 25.1 Å². The zero-order chi connectivity index (χ0) is 11.5. The van der Waals surface area contributed by atoms with Gasteiger partial charge in [-0.25, -0.2) is 0 Å². The normalized spacial score (nSPS) is 12.6. The van der Waals surface area contributed by atoms with Gasteiger partial charge in [-0.2, -0.15) is 4.98 Å². The number of benzene rings is 1. The van der Waals surface area contributed by atoms with Crippen LogP contribution >= 0.6 is 0 Å². The van der Waals surface area contributed by atoms with E-state index in [9.17, 15) is 5.11 Å². The van der Waals surface area contributed by atoms with Crippen LogP contribution in [-0.2, 0) is 4.74 Å². The molecule has 84 valence electrons. The summed E-state index contributed by atoms with van der Waals surface area (Å²) < 4.78 is 10.2. The summed E-state index contributed by atoms with van der Waals surface area (Å²) in [7, 11) is 1.58. The van der Waals surface area contributed by atoms with Gasteiger partial charge in [0.05, 0.1) is 0 Å². The first-order valence-electron chi connectivity index (χ1n) is 4.86. The Kier molecular flexibility index (Phi) is 2.87. The highest BCUT2D eigenvalue weighted by atomic mass is 16.5. The summed E-state index contributed by atoms with van der Waals surface area (Å²) in [5.74, 6) is 1.02. The molecule has 0 saturated heterocycles. The molecule has 0 aliphatic carbocycles. The lowest BCUT2D eigenvalue weighted by Crippen LogP contribution is -1.97. The highest BCUT2D eigenvalue weighted by Crippen LogP contribution is 2.23. The molecule has 1 atom stereocenters. The number of nitrogens with zero attached hydrogens (tertiary/aromatic N) is 2. The van der Waals surface area contributed by atoms with Crippen LogP contribution in [0.5, 0.6) is 5.75 Å². The molecule has 2 rings (SSSR count). The lowest BCUT2D eigenvalue weighted by molar-refractivity contribution is 0.109. The summed E-state index contributed by atoms with van der Waals surface area (Å²) in [5.41, 5.74) is 0.682. The minimum atomic E-state index is -0.213. The van der Waals surface area contributed by atoms with Crippen LogP contribution in [0.15, 0.2) is 28.8 Å². The predicted octanol–water partition coefficient (Wildman–Crippen LogP) is 2.15. The van der Waals surface area contributed by atoms with Crippen molar-refractivity contribution in [2.75, 3.05) is 7.11 Å². The van der Waals surface area contributed by atoms with E-state index in [1.807, 2.05) is 6.92 Å². The van der Waals surface area contributed by atoms with Gasteiger partial charge in [0.25, 0.3) is 5.89 Å². The van der Waals surface area contributed by atoms with Crippen LogP contribution in [0.3, 0.4) is 0 Å². The second kappa shape index (κ2) is 4.32. The Labute approximate surface area is 92.7 Å². The van der Waals surface area contributed by atoms with E-state index in [4.69, 9.17) is 9.26 Å². The smallest absolute Gasteiger partial charge is 0.258 e. The Morgan fingerprint density at radius 3 is 2.94 bits per heavy atom. The third-order valence-corrected chi connectivity index (χ3v) is 2.25. The van der Waals surface area contributed by atoms with E-state index in [0.717, 1.165) is 0 Å². The lowest BCUT2D eigenvalue weighted by Gasteiger charge is -2.00. The predicted molar refractivity (Wildman–Crippen MR) is 56.8 cm³/mol. The van der Waals surface area contributed by atoms with E-state index in [2.05, 4.69) is 10.1 Å². The van der Waals surface area contributed by atoms with Crippen molar-refractivity contribution >= 4 is 0 Å². The quantitative estimate of drug-likeness (QED) is 0.858. The number of hydrogen-bond acceptors (Lipinski definition) is 5. The average Bonchev–Trinajstić information content (AvgIpc) is 2.77. The van der Waals surface area contributed by atoms with Crippen LogP contribution in [0, 0.1) is 0 Å². The van der Waals surface area contributed by atoms with Crippen molar-refractivity contribution in [3.8, 4) is 17.2 Å². The fourth-order valence-electron chi connectivity index (χ4n) is 1.26. The second-order valence-electron chi connectivity index (χ2n) is 3.39. The first-order valence-corrected chi connectivity index (χ1v) is 4.86. The topological polar surface area (TPSA) is 68.4 Å². The molecule has 1 unspecified atom stereocenters. The van der Waals surface area contributed by atoms with Crippen molar-refractivity contribution in [3.05, 3.63) is 30.1 Å². The van der Waals surface area contributed by atoms with E-state index in [0.29, 0.717) is 17.3 Å². The Morgan fingerprint density at radius 1 is 1.44 bits per heavy atom. The minimum Gasteiger partial charge on any atom is -0.508 e. The maximum atomic E-state index is 9.32. The molecule has 2 aromatic rings. The van der Waals surface area contributed by atoms with Gasteiger partial charge in [0.15, 0.2) is 0 Å². The van der Waals surface area contributed by atoms with Crippen LogP contribution in [-0.4, -0.2) is 22.4 Å². The average molecular weight is 220 g/mol. The van der Waals surface area contributed by atoms with E-state index >= 15 is 0 Å². The number of aromatic nitrogens is 2. The molecular formula is C11H12N2O3. The first kappa shape index (κ1) is 10.6. The van der Waals surface area contributed by atoms with Gasteiger partial charge in [-0.15, -0.1) is 0 Å². The SMILES string of the molecule is COC(C)c1noc(-c2cccc(O)c2)n1. The van der Waals surface area contributed by atoms with Crippen molar-refractivity contribution in [1.82, 2.24) is 10.1 Å². The number of ether oxygens (including phenoxy) is 1. The van der Waals surface area contributed by atoms with Crippen molar-refractivity contribution in [3.63, 3.8) is 0 Å². The molecule has 1 aromatic carbocycles. The first-order chi connectivity index (χ1) is 7.70. The van der Waals surface area contributed by atoms with Gasteiger partial charge in [-0.3, -0.25) is 0 Å². The zero-order valence-corrected chi connectivity index (χ0v) is 9.04. The second-order valence-corrected chi connectivity index (χ2v) is 3.39. The number of aromatic hydroxyl groups is 1. The Hall–Kier alpha value is -1.88. The molecule has 1 N–H and O–H groups in total. The largest absolute Gasteiger partial charge is 0.508 e. The van der Waals surface area contributed by atoms with Crippen LogP contribution in [0.2, 0.25) is 0 Å². The molecule has 0 saturated carbocycles. The van der Waals surface area contributed by atoms with Crippen LogP contribution in [0.1, 0.15) is 18.9 Å². The molecule has 0 spiro atoms. The standard InChI is InChI=1S/C11H12N2O3/c1-7(15-2)10-12-11(16-13-10)8-4-3-5-9(14)6-8/h3-7,14H,1-2H3. The van der Waals surface area contributed by atoms with Gasteiger partial charge in [0.1, 0.15) is 11.9 Å². The van der Waals surface area contributed by atoms with Gasteiger partial charge >= 0.3 is 0 Å². The summed E-state index contributed by atoms with van der Waals surface area (Å²) in [6.07, 6.45) is -0.213. The van der Waals surface area contributed by atoms with E-state index in [1.54, 1.807) is 31.4 Å². The molecule has 0 radical (unpaired) electrons. The highest BCUT2D eigenvalue weighted by Gasteiger charge is 2.14. The van der Waals surface area contributed by atoms with Gasteiger partial charge in [0.2, 0.25) is 5.82 Å². The molecule has 16 heavy (non-hydrogen) atoms.